The van der Waals surface area contributed by atoms with Gasteiger partial charge < -0.3 is 5.32 Å². The summed E-state index contributed by atoms with van der Waals surface area (Å²) in [6, 6.07) is 11.1. The lowest BCUT2D eigenvalue weighted by atomic mass is 9.73. The van der Waals surface area contributed by atoms with E-state index in [9.17, 15) is 22.8 Å². The first kappa shape index (κ1) is 26.1. The number of carbonyl (C=O) groups is 3. The number of amides is 3. The standard InChI is InChI=1S/C22H25N3O3.CH4O3S/c1-13-9-16(10-14(2)24-13)12-23-20(27)18-7-5-17(6-8-18)15(3)22(4)11-19(26)25-21(22)28;1-5(2,3)4/h5-10,15H,11-12H2,1-4H3,(H,23,27)(H,25,26,28);1H3,(H,2,3,4)/t15-,22+;/m1./s1. The van der Waals surface area contributed by atoms with E-state index in [4.69, 9.17) is 4.55 Å². The van der Waals surface area contributed by atoms with Crippen LogP contribution in [0, 0.1) is 19.3 Å². The van der Waals surface area contributed by atoms with E-state index in [1.165, 1.54) is 0 Å². The van der Waals surface area contributed by atoms with Crippen LogP contribution < -0.4 is 10.6 Å². The van der Waals surface area contributed by atoms with Crippen LogP contribution in [0.2, 0.25) is 0 Å². The maximum Gasteiger partial charge on any atom is 0.261 e. The molecular formula is C23H29N3O6S. The van der Waals surface area contributed by atoms with E-state index >= 15 is 0 Å². The highest BCUT2D eigenvalue weighted by Gasteiger charge is 2.46. The third kappa shape index (κ3) is 7.47. The number of nitrogens with zero attached hydrogens (tertiary/aromatic N) is 1. The molecule has 1 aliphatic rings. The maximum atomic E-state index is 12.4. The molecule has 0 aliphatic carbocycles. The number of aromatic nitrogens is 1. The molecule has 0 spiro atoms. The van der Waals surface area contributed by atoms with Gasteiger partial charge in [0.2, 0.25) is 11.8 Å². The van der Waals surface area contributed by atoms with Crippen molar-refractivity contribution in [3.05, 3.63) is 64.5 Å². The summed E-state index contributed by atoms with van der Waals surface area (Å²) in [7, 11) is -3.67. The lowest BCUT2D eigenvalue weighted by Crippen LogP contribution is -2.33. The van der Waals surface area contributed by atoms with E-state index in [-0.39, 0.29) is 30.1 Å². The van der Waals surface area contributed by atoms with Gasteiger partial charge in [-0.15, -0.1) is 0 Å². The van der Waals surface area contributed by atoms with Gasteiger partial charge in [0.25, 0.3) is 16.0 Å². The van der Waals surface area contributed by atoms with Crippen molar-refractivity contribution in [1.29, 1.82) is 0 Å². The van der Waals surface area contributed by atoms with Crippen LogP contribution in [0.4, 0.5) is 0 Å². The maximum absolute atomic E-state index is 12.4. The van der Waals surface area contributed by atoms with E-state index in [0.717, 1.165) is 22.5 Å². The number of pyridine rings is 1. The summed E-state index contributed by atoms with van der Waals surface area (Å²) in [5.74, 6) is -0.781. The number of carbonyl (C=O) groups excluding carboxylic acids is 3. The average Bonchev–Trinajstić information content (AvgIpc) is 2.96. The normalized spacial score (nSPS) is 18.7. The number of aryl methyl sites for hydroxylation is 2. The first-order chi connectivity index (χ1) is 15.2. The van der Waals surface area contributed by atoms with Crippen molar-refractivity contribution in [1.82, 2.24) is 15.6 Å². The number of nitrogens with one attached hydrogen (secondary N) is 2. The Bertz CT molecular complexity index is 1130. The number of imide groups is 1. The molecule has 2 heterocycles. The van der Waals surface area contributed by atoms with Crippen molar-refractivity contribution in [2.75, 3.05) is 6.26 Å². The molecule has 1 fully saturated rings. The second kappa shape index (κ2) is 10.2. The van der Waals surface area contributed by atoms with Crippen LogP contribution in [0.3, 0.4) is 0 Å². The van der Waals surface area contributed by atoms with Gasteiger partial charge in [0.15, 0.2) is 0 Å². The second-order valence-electron chi connectivity index (χ2n) is 8.49. The topological polar surface area (TPSA) is 143 Å². The second-order valence-corrected chi connectivity index (χ2v) is 9.96. The van der Waals surface area contributed by atoms with E-state index in [2.05, 4.69) is 15.6 Å². The SMILES string of the molecule is CS(=O)(=O)O.Cc1cc(CNC(=O)c2ccc([C@@H](C)[C@]3(C)CC(=O)NC3=O)cc2)cc(C)n1. The lowest BCUT2D eigenvalue weighted by Gasteiger charge is -2.28. The molecule has 2 atom stereocenters. The third-order valence-corrected chi connectivity index (χ3v) is 5.52. The highest BCUT2D eigenvalue weighted by Crippen LogP contribution is 2.41. The summed E-state index contributed by atoms with van der Waals surface area (Å²) in [5, 5.41) is 5.30. The van der Waals surface area contributed by atoms with Crippen LogP contribution in [-0.2, 0) is 26.3 Å². The predicted molar refractivity (Wildman–Crippen MR) is 123 cm³/mol. The molecule has 33 heavy (non-hydrogen) atoms. The smallest absolute Gasteiger partial charge is 0.261 e. The van der Waals surface area contributed by atoms with E-state index in [1.54, 1.807) is 19.1 Å². The van der Waals surface area contributed by atoms with Crippen LogP contribution in [0.1, 0.15) is 59.1 Å². The molecule has 3 rings (SSSR count). The quantitative estimate of drug-likeness (QED) is 0.445. The fourth-order valence-electron chi connectivity index (χ4n) is 3.68. The summed E-state index contributed by atoms with van der Waals surface area (Å²) in [6.07, 6.45) is 0.896. The molecule has 0 unspecified atom stereocenters. The fourth-order valence-corrected chi connectivity index (χ4v) is 3.68. The molecule has 10 heteroatoms. The molecule has 1 aliphatic heterocycles. The minimum atomic E-state index is -3.67. The summed E-state index contributed by atoms with van der Waals surface area (Å²) in [6.45, 7) is 8.02. The Kier molecular flexibility index (Phi) is 8.10. The van der Waals surface area contributed by atoms with Gasteiger partial charge in [0.05, 0.1) is 11.7 Å². The van der Waals surface area contributed by atoms with E-state index < -0.39 is 15.5 Å². The molecule has 3 amide bonds. The molecule has 1 saturated heterocycles. The summed E-state index contributed by atoms with van der Waals surface area (Å²) >= 11 is 0. The van der Waals surface area contributed by atoms with Crippen molar-refractivity contribution in [2.45, 2.75) is 46.6 Å². The Labute approximate surface area is 193 Å². The molecule has 0 bridgehead atoms. The molecule has 3 N–H and O–H groups in total. The molecule has 0 radical (unpaired) electrons. The minimum absolute atomic E-state index is 0.140. The average molecular weight is 476 g/mol. The fraction of sp³-hybridized carbons (Fsp3) is 0.391. The van der Waals surface area contributed by atoms with Crippen molar-refractivity contribution < 1.29 is 27.4 Å². The Hall–Kier alpha value is -3.11. The number of hydrogen-bond acceptors (Lipinski definition) is 6. The van der Waals surface area contributed by atoms with Gasteiger partial charge in [0.1, 0.15) is 0 Å². The number of rotatable bonds is 5. The lowest BCUT2D eigenvalue weighted by molar-refractivity contribution is -0.128. The van der Waals surface area contributed by atoms with Crippen LogP contribution in [0.5, 0.6) is 0 Å². The van der Waals surface area contributed by atoms with Crippen molar-refractivity contribution >= 4 is 27.8 Å². The van der Waals surface area contributed by atoms with Gasteiger partial charge in [-0.1, -0.05) is 19.1 Å². The van der Waals surface area contributed by atoms with E-state index in [1.807, 2.05) is 45.0 Å². The molecule has 1 aromatic heterocycles. The first-order valence-corrected chi connectivity index (χ1v) is 12.1. The van der Waals surface area contributed by atoms with Crippen molar-refractivity contribution in [2.24, 2.45) is 5.41 Å². The molecule has 1 aromatic carbocycles. The zero-order valence-electron chi connectivity index (χ0n) is 19.3. The molecular weight excluding hydrogens is 446 g/mol. The van der Waals surface area contributed by atoms with E-state index in [0.29, 0.717) is 18.4 Å². The number of benzene rings is 1. The monoisotopic (exact) mass is 475 g/mol. The predicted octanol–water partition coefficient (Wildman–Crippen LogP) is 2.29. The number of hydrogen-bond donors (Lipinski definition) is 3. The summed E-state index contributed by atoms with van der Waals surface area (Å²) < 4.78 is 25.9. The zero-order valence-corrected chi connectivity index (χ0v) is 20.1. The Morgan fingerprint density at radius 1 is 1.18 bits per heavy atom. The summed E-state index contributed by atoms with van der Waals surface area (Å²) in [5.41, 5.74) is 3.56. The van der Waals surface area contributed by atoms with Crippen LogP contribution >= 0.6 is 0 Å². The van der Waals surface area contributed by atoms with Gasteiger partial charge >= 0.3 is 0 Å². The first-order valence-electron chi connectivity index (χ1n) is 10.3. The molecule has 9 nitrogen and oxygen atoms in total. The molecule has 2 aromatic rings. The highest BCUT2D eigenvalue weighted by molar-refractivity contribution is 7.85. The van der Waals surface area contributed by atoms with Crippen LogP contribution in [0.15, 0.2) is 36.4 Å². The van der Waals surface area contributed by atoms with Crippen LogP contribution in [-0.4, -0.2) is 41.9 Å². The van der Waals surface area contributed by atoms with Gasteiger partial charge in [0, 0.05) is 29.9 Å². The molecule has 178 valence electrons. The van der Waals surface area contributed by atoms with Crippen molar-refractivity contribution in [3.63, 3.8) is 0 Å². The van der Waals surface area contributed by atoms with Crippen LogP contribution in [0.25, 0.3) is 0 Å². The van der Waals surface area contributed by atoms with Gasteiger partial charge in [-0.05, 0) is 62.1 Å². The third-order valence-electron chi connectivity index (χ3n) is 5.52. The van der Waals surface area contributed by atoms with Gasteiger partial charge in [-0.25, -0.2) is 0 Å². The Balaban J connectivity index is 0.000000696. The van der Waals surface area contributed by atoms with Crippen molar-refractivity contribution in [3.8, 4) is 0 Å². The van der Waals surface area contributed by atoms with Gasteiger partial charge in [-0.2, -0.15) is 8.42 Å². The molecule has 0 saturated carbocycles. The Morgan fingerprint density at radius 3 is 2.15 bits per heavy atom. The largest absolute Gasteiger partial charge is 0.348 e. The Morgan fingerprint density at radius 2 is 1.70 bits per heavy atom. The zero-order chi connectivity index (χ0) is 25.0. The minimum Gasteiger partial charge on any atom is -0.348 e. The summed E-state index contributed by atoms with van der Waals surface area (Å²) in [4.78, 5) is 40.5. The highest BCUT2D eigenvalue weighted by atomic mass is 32.2. The van der Waals surface area contributed by atoms with Gasteiger partial charge in [-0.3, -0.25) is 29.2 Å².